The SMILES string of the molecule is NCCCc1nc(-c2cc(Cl)sc2Cl)cs1. The molecule has 2 rings (SSSR count). The Morgan fingerprint density at radius 2 is 2.19 bits per heavy atom. The lowest BCUT2D eigenvalue weighted by molar-refractivity contribution is 0.827. The maximum absolute atomic E-state index is 6.07. The van der Waals surface area contributed by atoms with Crippen molar-refractivity contribution in [3.8, 4) is 11.3 Å². The highest BCUT2D eigenvalue weighted by Gasteiger charge is 2.11. The van der Waals surface area contributed by atoms with Crippen LogP contribution in [-0.4, -0.2) is 11.5 Å². The summed E-state index contributed by atoms with van der Waals surface area (Å²) in [6, 6.07) is 1.86. The van der Waals surface area contributed by atoms with Crippen LogP contribution in [0, 0.1) is 0 Å². The molecule has 16 heavy (non-hydrogen) atoms. The molecule has 0 aliphatic heterocycles. The molecule has 0 saturated heterocycles. The number of halogens is 2. The molecular formula is C10H10Cl2N2S2. The van der Waals surface area contributed by atoms with Crippen LogP contribution in [0.5, 0.6) is 0 Å². The van der Waals surface area contributed by atoms with Crippen LogP contribution >= 0.6 is 45.9 Å². The van der Waals surface area contributed by atoms with Crippen LogP contribution in [0.4, 0.5) is 0 Å². The van der Waals surface area contributed by atoms with Crippen LogP contribution < -0.4 is 5.73 Å². The molecule has 0 aliphatic rings. The van der Waals surface area contributed by atoms with Gasteiger partial charge < -0.3 is 5.73 Å². The first-order valence-corrected chi connectivity index (χ1v) is 7.25. The van der Waals surface area contributed by atoms with E-state index in [1.165, 1.54) is 11.3 Å². The Morgan fingerprint density at radius 3 is 2.81 bits per heavy atom. The lowest BCUT2D eigenvalue weighted by Crippen LogP contribution is -1.99. The smallest absolute Gasteiger partial charge is 0.104 e. The Morgan fingerprint density at radius 1 is 1.38 bits per heavy atom. The van der Waals surface area contributed by atoms with E-state index in [4.69, 9.17) is 28.9 Å². The quantitative estimate of drug-likeness (QED) is 0.923. The highest BCUT2D eigenvalue weighted by atomic mass is 35.5. The van der Waals surface area contributed by atoms with Crippen LogP contribution in [0.15, 0.2) is 11.4 Å². The molecule has 0 unspecified atom stereocenters. The lowest BCUT2D eigenvalue weighted by Gasteiger charge is -1.93. The van der Waals surface area contributed by atoms with Crippen molar-refractivity contribution < 1.29 is 0 Å². The average molecular weight is 293 g/mol. The first-order valence-electron chi connectivity index (χ1n) is 4.80. The van der Waals surface area contributed by atoms with E-state index in [2.05, 4.69) is 4.98 Å². The summed E-state index contributed by atoms with van der Waals surface area (Å²) < 4.78 is 1.39. The Bertz CT molecular complexity index is 479. The van der Waals surface area contributed by atoms with E-state index in [1.807, 2.05) is 11.4 Å². The van der Waals surface area contributed by atoms with Gasteiger partial charge in [0.2, 0.25) is 0 Å². The fraction of sp³-hybridized carbons (Fsp3) is 0.300. The molecule has 86 valence electrons. The van der Waals surface area contributed by atoms with E-state index < -0.39 is 0 Å². The molecule has 0 aliphatic carbocycles. The molecule has 0 radical (unpaired) electrons. The highest BCUT2D eigenvalue weighted by Crippen LogP contribution is 2.38. The number of thiazole rings is 1. The normalized spacial score (nSPS) is 10.9. The molecule has 2 N–H and O–H groups in total. The van der Waals surface area contributed by atoms with Crippen molar-refractivity contribution >= 4 is 45.9 Å². The summed E-state index contributed by atoms with van der Waals surface area (Å²) in [4.78, 5) is 4.52. The molecule has 0 atom stereocenters. The van der Waals surface area contributed by atoms with Crippen molar-refractivity contribution in [1.29, 1.82) is 0 Å². The Labute approximate surface area is 112 Å². The summed E-state index contributed by atoms with van der Waals surface area (Å²) >= 11 is 15.0. The number of hydrogen-bond acceptors (Lipinski definition) is 4. The Hall–Kier alpha value is -0.130. The molecule has 2 aromatic rings. The molecule has 0 bridgehead atoms. The second kappa shape index (κ2) is 5.47. The van der Waals surface area contributed by atoms with Crippen molar-refractivity contribution in [1.82, 2.24) is 4.98 Å². The number of aryl methyl sites for hydroxylation is 1. The predicted octanol–water partition coefficient (Wildman–Crippen LogP) is 4.07. The summed E-state index contributed by atoms with van der Waals surface area (Å²) in [5.74, 6) is 0. The molecule has 2 nitrogen and oxygen atoms in total. The number of aromatic nitrogens is 1. The minimum atomic E-state index is 0.691. The third-order valence-electron chi connectivity index (χ3n) is 2.08. The van der Waals surface area contributed by atoms with E-state index in [0.29, 0.717) is 15.2 Å². The van der Waals surface area contributed by atoms with Gasteiger partial charge in [-0.1, -0.05) is 23.2 Å². The Kier molecular flexibility index (Phi) is 4.21. The van der Waals surface area contributed by atoms with Gasteiger partial charge >= 0.3 is 0 Å². The largest absolute Gasteiger partial charge is 0.330 e. The van der Waals surface area contributed by atoms with Gasteiger partial charge in [-0.05, 0) is 19.0 Å². The molecule has 2 aromatic heterocycles. The topological polar surface area (TPSA) is 38.9 Å². The monoisotopic (exact) mass is 292 g/mol. The third kappa shape index (κ3) is 2.76. The van der Waals surface area contributed by atoms with Gasteiger partial charge in [0, 0.05) is 17.4 Å². The van der Waals surface area contributed by atoms with E-state index in [0.717, 1.165) is 29.1 Å². The second-order valence-corrected chi connectivity index (χ2v) is 6.48. The maximum Gasteiger partial charge on any atom is 0.104 e. The summed E-state index contributed by atoms with van der Waals surface area (Å²) in [5, 5.41) is 3.11. The molecule has 0 fully saturated rings. The van der Waals surface area contributed by atoms with E-state index in [-0.39, 0.29) is 0 Å². The number of thiophene rings is 1. The zero-order valence-corrected chi connectivity index (χ0v) is 11.5. The molecular weight excluding hydrogens is 283 g/mol. The molecule has 6 heteroatoms. The zero-order valence-electron chi connectivity index (χ0n) is 8.37. The summed E-state index contributed by atoms with van der Waals surface area (Å²) in [7, 11) is 0. The fourth-order valence-corrected chi connectivity index (χ4v) is 3.64. The van der Waals surface area contributed by atoms with Crippen molar-refractivity contribution in [2.24, 2.45) is 5.73 Å². The molecule has 0 saturated carbocycles. The number of rotatable bonds is 4. The lowest BCUT2D eigenvalue weighted by atomic mass is 10.3. The van der Waals surface area contributed by atoms with Gasteiger partial charge in [-0.15, -0.1) is 22.7 Å². The fourth-order valence-electron chi connectivity index (χ4n) is 1.32. The highest BCUT2D eigenvalue weighted by molar-refractivity contribution is 7.20. The van der Waals surface area contributed by atoms with E-state index in [1.54, 1.807) is 11.3 Å². The predicted molar refractivity (Wildman–Crippen MR) is 72.8 cm³/mol. The minimum absolute atomic E-state index is 0.691. The number of hydrogen-bond donors (Lipinski definition) is 1. The van der Waals surface area contributed by atoms with Gasteiger partial charge in [-0.2, -0.15) is 0 Å². The third-order valence-corrected chi connectivity index (χ3v) is 4.48. The number of nitrogens with zero attached hydrogens (tertiary/aromatic N) is 1. The van der Waals surface area contributed by atoms with Gasteiger partial charge in [0.1, 0.15) is 4.34 Å². The van der Waals surface area contributed by atoms with Gasteiger partial charge in [0.05, 0.1) is 15.0 Å². The zero-order chi connectivity index (χ0) is 11.5. The molecule has 0 amide bonds. The van der Waals surface area contributed by atoms with Gasteiger partial charge in [0.15, 0.2) is 0 Å². The Balaban J connectivity index is 2.21. The van der Waals surface area contributed by atoms with Crippen molar-refractivity contribution in [3.63, 3.8) is 0 Å². The molecule has 0 spiro atoms. The van der Waals surface area contributed by atoms with Crippen LogP contribution in [0.3, 0.4) is 0 Å². The van der Waals surface area contributed by atoms with Crippen LogP contribution in [0.25, 0.3) is 11.3 Å². The summed E-state index contributed by atoms with van der Waals surface area (Å²) in [5.41, 5.74) is 7.29. The van der Waals surface area contributed by atoms with Gasteiger partial charge in [-0.3, -0.25) is 0 Å². The number of nitrogens with two attached hydrogens (primary N) is 1. The van der Waals surface area contributed by atoms with Crippen LogP contribution in [0.2, 0.25) is 8.67 Å². The maximum atomic E-state index is 6.07. The van der Waals surface area contributed by atoms with Crippen LogP contribution in [-0.2, 0) is 6.42 Å². The van der Waals surface area contributed by atoms with Crippen molar-refractivity contribution in [2.45, 2.75) is 12.8 Å². The van der Waals surface area contributed by atoms with Gasteiger partial charge in [0.25, 0.3) is 0 Å². The van der Waals surface area contributed by atoms with Crippen LogP contribution in [0.1, 0.15) is 11.4 Å². The van der Waals surface area contributed by atoms with Crippen molar-refractivity contribution in [3.05, 3.63) is 25.1 Å². The van der Waals surface area contributed by atoms with Gasteiger partial charge in [-0.25, -0.2) is 4.98 Å². The summed E-state index contributed by atoms with van der Waals surface area (Å²) in [6.07, 6.45) is 1.89. The average Bonchev–Trinajstić information content (AvgIpc) is 2.82. The molecule has 0 aromatic carbocycles. The standard InChI is InChI=1S/C10H10Cl2N2S2/c11-8-4-6(10(12)16-8)7-5-15-9(14-7)2-1-3-13/h4-5H,1-3,13H2. The summed E-state index contributed by atoms with van der Waals surface area (Å²) in [6.45, 7) is 0.694. The van der Waals surface area contributed by atoms with E-state index >= 15 is 0 Å². The second-order valence-electron chi connectivity index (χ2n) is 3.26. The first-order chi connectivity index (χ1) is 7.70. The minimum Gasteiger partial charge on any atom is -0.330 e. The van der Waals surface area contributed by atoms with E-state index in [9.17, 15) is 0 Å². The molecule has 2 heterocycles. The first kappa shape index (κ1) is 12.3. The van der Waals surface area contributed by atoms with Crippen molar-refractivity contribution in [2.75, 3.05) is 6.54 Å².